The van der Waals surface area contributed by atoms with E-state index >= 15 is 0 Å². The van der Waals surface area contributed by atoms with Gasteiger partial charge in [-0.1, -0.05) is 30.4 Å². The molecule has 0 aliphatic rings. The lowest BCUT2D eigenvalue weighted by Crippen LogP contribution is -2.02. The highest BCUT2D eigenvalue weighted by Gasteiger charge is 2.16. The van der Waals surface area contributed by atoms with E-state index in [1.165, 1.54) is 0 Å². The predicted molar refractivity (Wildman–Crippen MR) is 62.2 cm³/mol. The van der Waals surface area contributed by atoms with Gasteiger partial charge in [0.05, 0.1) is 9.80 Å². The van der Waals surface area contributed by atoms with Crippen LogP contribution in [-0.2, 0) is 9.84 Å². The third kappa shape index (κ3) is 2.57. The van der Waals surface area contributed by atoms with Gasteiger partial charge in [0.2, 0.25) is 9.84 Å². The second-order valence-corrected chi connectivity index (χ2v) is 4.96. The van der Waals surface area contributed by atoms with E-state index in [1.807, 2.05) is 0 Å². The molecule has 80 valence electrons. The van der Waals surface area contributed by atoms with Crippen LogP contribution < -0.4 is 0 Å². The number of hydrogen-bond donors (Lipinski definition) is 0. The maximum atomic E-state index is 12.0. The van der Waals surface area contributed by atoms with Crippen molar-refractivity contribution in [2.45, 2.75) is 18.7 Å². The second kappa shape index (κ2) is 4.94. The summed E-state index contributed by atoms with van der Waals surface area (Å²) in [5.74, 6) is 0. The quantitative estimate of drug-likeness (QED) is 0.737. The second-order valence-electron chi connectivity index (χ2n) is 3.01. The zero-order valence-corrected chi connectivity index (χ0v) is 9.66. The van der Waals surface area contributed by atoms with Gasteiger partial charge < -0.3 is 0 Å². The van der Waals surface area contributed by atoms with Gasteiger partial charge in [0.25, 0.3) is 0 Å². The molecular weight excluding hydrogens is 208 g/mol. The fraction of sp³-hybridized carbons (Fsp3) is 0.167. The van der Waals surface area contributed by atoms with Crippen LogP contribution in [0, 0.1) is 0 Å². The molecule has 0 aliphatic heterocycles. The van der Waals surface area contributed by atoms with Gasteiger partial charge in [-0.2, -0.15) is 0 Å². The molecule has 0 unspecified atom stereocenters. The third-order valence-electron chi connectivity index (χ3n) is 1.98. The monoisotopic (exact) mass is 222 g/mol. The summed E-state index contributed by atoms with van der Waals surface area (Å²) in [6.45, 7) is 3.51. The van der Waals surface area contributed by atoms with E-state index in [-0.39, 0.29) is 0 Å². The molecule has 0 radical (unpaired) electrons. The van der Waals surface area contributed by atoms with Crippen LogP contribution in [0.1, 0.15) is 13.8 Å². The SMILES string of the molecule is CC=CC(=CC)S(=O)(=O)c1ccccc1. The molecule has 0 aromatic heterocycles. The van der Waals surface area contributed by atoms with Gasteiger partial charge in [-0.05, 0) is 32.1 Å². The first kappa shape index (κ1) is 11.7. The number of rotatable bonds is 3. The molecule has 0 aliphatic carbocycles. The molecule has 0 heterocycles. The Kier molecular flexibility index (Phi) is 3.86. The molecule has 3 heteroatoms. The zero-order valence-electron chi connectivity index (χ0n) is 8.84. The zero-order chi connectivity index (χ0) is 11.3. The van der Waals surface area contributed by atoms with E-state index in [4.69, 9.17) is 0 Å². The Labute approximate surface area is 90.9 Å². The Morgan fingerprint density at radius 3 is 2.20 bits per heavy atom. The minimum Gasteiger partial charge on any atom is -0.219 e. The van der Waals surface area contributed by atoms with Crippen molar-refractivity contribution in [1.29, 1.82) is 0 Å². The van der Waals surface area contributed by atoms with Crippen molar-refractivity contribution < 1.29 is 8.42 Å². The van der Waals surface area contributed by atoms with Crippen LogP contribution in [0.4, 0.5) is 0 Å². The summed E-state index contributed by atoms with van der Waals surface area (Å²) >= 11 is 0. The molecule has 0 amide bonds. The largest absolute Gasteiger partial charge is 0.219 e. The lowest BCUT2D eigenvalue weighted by Gasteiger charge is -2.04. The normalized spacial score (nSPS) is 13.3. The molecule has 0 spiro atoms. The minimum absolute atomic E-state index is 0.330. The van der Waals surface area contributed by atoms with Gasteiger partial charge in [-0.3, -0.25) is 0 Å². The first-order valence-electron chi connectivity index (χ1n) is 4.72. The molecule has 15 heavy (non-hydrogen) atoms. The molecule has 0 saturated carbocycles. The smallest absolute Gasteiger partial charge is 0.206 e. The number of sulfone groups is 1. The summed E-state index contributed by atoms with van der Waals surface area (Å²) in [6.07, 6.45) is 4.92. The maximum Gasteiger partial charge on any atom is 0.206 e. The number of allylic oxidation sites excluding steroid dienone is 3. The molecular formula is C12H14O2S. The highest BCUT2D eigenvalue weighted by Crippen LogP contribution is 2.19. The molecule has 0 saturated heterocycles. The van der Waals surface area contributed by atoms with Gasteiger partial charge in [0.15, 0.2) is 0 Å². The molecule has 1 rings (SSSR count). The standard InChI is InChI=1S/C12H14O2S/c1-3-8-11(4-2)15(13,14)12-9-6-5-7-10-12/h3-10H,1-2H3. The molecule has 0 bridgehead atoms. The van der Waals surface area contributed by atoms with Crippen molar-refractivity contribution in [3.8, 4) is 0 Å². The van der Waals surface area contributed by atoms with Crippen LogP contribution in [0.15, 0.2) is 58.4 Å². The van der Waals surface area contributed by atoms with Crippen molar-refractivity contribution >= 4 is 9.84 Å². The summed E-state index contributed by atoms with van der Waals surface area (Å²) in [5.41, 5.74) is 0. The van der Waals surface area contributed by atoms with Crippen LogP contribution in [0.3, 0.4) is 0 Å². The van der Waals surface area contributed by atoms with Crippen molar-refractivity contribution in [3.05, 3.63) is 53.5 Å². The number of hydrogen-bond acceptors (Lipinski definition) is 2. The van der Waals surface area contributed by atoms with Crippen molar-refractivity contribution in [1.82, 2.24) is 0 Å². The molecule has 1 aromatic carbocycles. The van der Waals surface area contributed by atoms with Gasteiger partial charge >= 0.3 is 0 Å². The Bertz CT molecular complexity index is 468. The lowest BCUT2D eigenvalue weighted by molar-refractivity contribution is 0.603. The van der Waals surface area contributed by atoms with E-state index in [2.05, 4.69) is 0 Å². The average molecular weight is 222 g/mol. The van der Waals surface area contributed by atoms with Crippen molar-refractivity contribution in [3.63, 3.8) is 0 Å². The van der Waals surface area contributed by atoms with Gasteiger partial charge in [0.1, 0.15) is 0 Å². The highest BCUT2D eigenvalue weighted by molar-refractivity contribution is 7.95. The fourth-order valence-corrected chi connectivity index (χ4v) is 2.65. The summed E-state index contributed by atoms with van der Waals surface area (Å²) < 4.78 is 24.1. The van der Waals surface area contributed by atoms with E-state index in [1.54, 1.807) is 62.4 Å². The Hall–Kier alpha value is -1.35. The molecule has 2 nitrogen and oxygen atoms in total. The summed E-state index contributed by atoms with van der Waals surface area (Å²) in [7, 11) is -3.34. The highest BCUT2D eigenvalue weighted by atomic mass is 32.2. The molecule has 1 aromatic rings. The van der Waals surface area contributed by atoms with Crippen LogP contribution in [0.2, 0.25) is 0 Å². The molecule has 0 fully saturated rings. The Morgan fingerprint density at radius 2 is 1.73 bits per heavy atom. The first-order chi connectivity index (χ1) is 7.12. The maximum absolute atomic E-state index is 12.0. The third-order valence-corrected chi connectivity index (χ3v) is 3.86. The van der Waals surface area contributed by atoms with Gasteiger partial charge in [-0.15, -0.1) is 0 Å². The first-order valence-corrected chi connectivity index (χ1v) is 6.20. The lowest BCUT2D eigenvalue weighted by atomic mass is 10.4. The average Bonchev–Trinajstić information content (AvgIpc) is 2.27. The van der Waals surface area contributed by atoms with Crippen molar-refractivity contribution in [2.24, 2.45) is 0 Å². The van der Waals surface area contributed by atoms with Crippen molar-refractivity contribution in [2.75, 3.05) is 0 Å². The van der Waals surface area contributed by atoms with E-state index in [0.717, 1.165) is 0 Å². The van der Waals surface area contributed by atoms with Crippen LogP contribution >= 0.6 is 0 Å². The van der Waals surface area contributed by atoms with Crippen LogP contribution in [0.5, 0.6) is 0 Å². The Morgan fingerprint density at radius 1 is 1.13 bits per heavy atom. The molecule has 0 atom stereocenters. The summed E-state index contributed by atoms with van der Waals surface area (Å²) in [5, 5.41) is 0. The fourth-order valence-electron chi connectivity index (χ4n) is 1.24. The topological polar surface area (TPSA) is 34.1 Å². The number of benzene rings is 1. The summed E-state index contributed by atoms with van der Waals surface area (Å²) in [4.78, 5) is 0.660. The van der Waals surface area contributed by atoms with Crippen LogP contribution in [0.25, 0.3) is 0 Å². The minimum atomic E-state index is -3.34. The Balaban J connectivity index is 3.25. The van der Waals surface area contributed by atoms with Gasteiger partial charge in [0, 0.05) is 0 Å². The molecule has 0 N–H and O–H groups in total. The van der Waals surface area contributed by atoms with Crippen LogP contribution in [-0.4, -0.2) is 8.42 Å². The van der Waals surface area contributed by atoms with E-state index in [0.29, 0.717) is 9.80 Å². The van der Waals surface area contributed by atoms with Gasteiger partial charge in [-0.25, -0.2) is 8.42 Å². The predicted octanol–water partition coefficient (Wildman–Crippen LogP) is 2.94. The van der Waals surface area contributed by atoms with E-state index in [9.17, 15) is 8.42 Å². The van der Waals surface area contributed by atoms with E-state index < -0.39 is 9.84 Å². The summed E-state index contributed by atoms with van der Waals surface area (Å²) in [6, 6.07) is 8.43.